The zero-order valence-electron chi connectivity index (χ0n) is 10.1. The van der Waals surface area contributed by atoms with Gasteiger partial charge in [0.15, 0.2) is 5.03 Å². The van der Waals surface area contributed by atoms with Gasteiger partial charge in [0.05, 0.1) is 4.92 Å². The van der Waals surface area contributed by atoms with E-state index in [1.807, 2.05) is 36.6 Å². The van der Waals surface area contributed by atoms with Crippen LogP contribution in [0.5, 0.6) is 0 Å². The molecule has 0 unspecified atom stereocenters. The van der Waals surface area contributed by atoms with Crippen molar-refractivity contribution in [3.63, 3.8) is 0 Å². The zero-order chi connectivity index (χ0) is 13.0. The van der Waals surface area contributed by atoms with Crippen molar-refractivity contribution in [2.45, 2.75) is 17.9 Å². The van der Waals surface area contributed by atoms with E-state index in [9.17, 15) is 10.1 Å². The van der Waals surface area contributed by atoms with Crippen LogP contribution in [-0.4, -0.2) is 16.2 Å². The second-order valence-electron chi connectivity index (χ2n) is 3.94. The Balaban J connectivity index is 2.15. The third kappa shape index (κ3) is 2.73. The van der Waals surface area contributed by atoms with Crippen LogP contribution in [0.3, 0.4) is 0 Å². The maximum absolute atomic E-state index is 11.0. The van der Waals surface area contributed by atoms with E-state index < -0.39 is 0 Å². The molecular weight excluding hydrogens is 248 g/mol. The molecule has 18 heavy (non-hydrogen) atoms. The minimum atomic E-state index is -0.303. The van der Waals surface area contributed by atoms with E-state index in [-0.39, 0.29) is 10.6 Å². The maximum Gasteiger partial charge on any atom is 0.303 e. The first-order valence-electron chi connectivity index (χ1n) is 5.65. The number of thioether (sulfide) groups is 1. The summed E-state index contributed by atoms with van der Waals surface area (Å²) < 4.78 is 0. The summed E-state index contributed by atoms with van der Waals surface area (Å²) in [6, 6.07) is 10.00. The predicted molar refractivity (Wildman–Crippen MR) is 73.1 cm³/mol. The van der Waals surface area contributed by atoms with Gasteiger partial charge in [0.25, 0.3) is 0 Å². The number of nitrogens with zero attached hydrogens (tertiary/aromatic N) is 1. The highest BCUT2D eigenvalue weighted by molar-refractivity contribution is 7.98. The summed E-state index contributed by atoms with van der Waals surface area (Å²) in [5.74, 6) is 0. The lowest BCUT2D eigenvalue weighted by atomic mass is 10.1. The van der Waals surface area contributed by atoms with Crippen LogP contribution in [0.4, 0.5) is 5.69 Å². The SMILES string of the molecule is CSc1[nH]cc(CCc2ccccc2)c1[N+](=O)[O-]. The average molecular weight is 262 g/mol. The Morgan fingerprint density at radius 2 is 2.00 bits per heavy atom. The molecule has 0 aliphatic heterocycles. The van der Waals surface area contributed by atoms with Gasteiger partial charge >= 0.3 is 5.69 Å². The van der Waals surface area contributed by atoms with Crippen LogP contribution in [0.1, 0.15) is 11.1 Å². The highest BCUT2D eigenvalue weighted by Gasteiger charge is 2.21. The van der Waals surface area contributed by atoms with Crippen molar-refractivity contribution in [2.24, 2.45) is 0 Å². The molecule has 2 rings (SSSR count). The van der Waals surface area contributed by atoms with Crippen LogP contribution in [0.2, 0.25) is 0 Å². The van der Waals surface area contributed by atoms with Gasteiger partial charge in [0, 0.05) is 11.8 Å². The number of hydrogen-bond acceptors (Lipinski definition) is 3. The van der Waals surface area contributed by atoms with Gasteiger partial charge in [-0.15, -0.1) is 11.8 Å². The highest BCUT2D eigenvalue weighted by Crippen LogP contribution is 2.30. The Morgan fingerprint density at radius 3 is 2.61 bits per heavy atom. The molecule has 1 aromatic heterocycles. The first kappa shape index (κ1) is 12.7. The number of aromatic amines is 1. The van der Waals surface area contributed by atoms with Crippen molar-refractivity contribution in [1.82, 2.24) is 4.98 Å². The van der Waals surface area contributed by atoms with Gasteiger partial charge in [-0.3, -0.25) is 10.1 Å². The number of nitro groups is 1. The molecule has 0 aliphatic carbocycles. The first-order chi connectivity index (χ1) is 8.72. The second-order valence-corrected chi connectivity index (χ2v) is 4.75. The Labute approximate surface area is 110 Å². The standard InChI is InChI=1S/C13H14N2O2S/c1-18-13-12(15(16)17)11(9-14-13)8-7-10-5-3-2-4-6-10/h2-6,9,14H,7-8H2,1H3. The molecule has 2 aromatic rings. The fourth-order valence-electron chi connectivity index (χ4n) is 1.91. The molecule has 0 radical (unpaired) electrons. The second kappa shape index (κ2) is 5.73. The van der Waals surface area contributed by atoms with Gasteiger partial charge in [-0.25, -0.2) is 0 Å². The van der Waals surface area contributed by atoms with Crippen molar-refractivity contribution in [1.29, 1.82) is 0 Å². The van der Waals surface area contributed by atoms with E-state index in [2.05, 4.69) is 4.98 Å². The molecule has 0 saturated heterocycles. The van der Waals surface area contributed by atoms with Crippen LogP contribution in [-0.2, 0) is 12.8 Å². The van der Waals surface area contributed by atoms with Gasteiger partial charge in [-0.05, 0) is 24.7 Å². The summed E-state index contributed by atoms with van der Waals surface area (Å²) >= 11 is 1.37. The summed E-state index contributed by atoms with van der Waals surface area (Å²) in [4.78, 5) is 13.7. The minimum Gasteiger partial charge on any atom is -0.350 e. The quantitative estimate of drug-likeness (QED) is 0.510. The van der Waals surface area contributed by atoms with E-state index in [1.54, 1.807) is 6.20 Å². The Hall–Kier alpha value is -1.75. The monoisotopic (exact) mass is 262 g/mol. The van der Waals surface area contributed by atoms with E-state index in [1.165, 1.54) is 17.3 Å². The molecular formula is C13H14N2O2S. The number of aromatic nitrogens is 1. The molecule has 0 fully saturated rings. The predicted octanol–water partition coefficient (Wildman–Crippen LogP) is 3.43. The van der Waals surface area contributed by atoms with Crippen LogP contribution >= 0.6 is 11.8 Å². The molecule has 4 nitrogen and oxygen atoms in total. The molecule has 0 amide bonds. The van der Waals surface area contributed by atoms with E-state index >= 15 is 0 Å². The number of aryl methyl sites for hydroxylation is 2. The van der Waals surface area contributed by atoms with Crippen LogP contribution in [0.25, 0.3) is 0 Å². The molecule has 0 aliphatic rings. The number of nitrogens with one attached hydrogen (secondary N) is 1. The third-order valence-electron chi connectivity index (χ3n) is 2.81. The molecule has 1 heterocycles. The number of hydrogen-bond donors (Lipinski definition) is 1. The summed E-state index contributed by atoms with van der Waals surface area (Å²) in [7, 11) is 0. The molecule has 5 heteroatoms. The fraction of sp³-hybridized carbons (Fsp3) is 0.231. The summed E-state index contributed by atoms with van der Waals surface area (Å²) in [5, 5.41) is 11.7. The molecule has 1 aromatic carbocycles. The van der Waals surface area contributed by atoms with E-state index in [0.717, 1.165) is 12.0 Å². The van der Waals surface area contributed by atoms with Crippen molar-refractivity contribution in [2.75, 3.05) is 6.26 Å². The van der Waals surface area contributed by atoms with E-state index in [0.29, 0.717) is 11.4 Å². The largest absolute Gasteiger partial charge is 0.350 e. The van der Waals surface area contributed by atoms with Gasteiger partial charge < -0.3 is 4.98 Å². The fourth-order valence-corrected chi connectivity index (χ4v) is 2.48. The Bertz CT molecular complexity index is 537. The number of benzene rings is 1. The minimum absolute atomic E-state index is 0.221. The normalized spacial score (nSPS) is 10.5. The lowest BCUT2D eigenvalue weighted by molar-refractivity contribution is -0.388. The van der Waals surface area contributed by atoms with Crippen molar-refractivity contribution in [3.8, 4) is 0 Å². The topological polar surface area (TPSA) is 58.9 Å². The Morgan fingerprint density at radius 1 is 1.28 bits per heavy atom. The number of rotatable bonds is 5. The van der Waals surface area contributed by atoms with Crippen molar-refractivity contribution < 1.29 is 4.92 Å². The van der Waals surface area contributed by atoms with Gasteiger partial charge in [-0.1, -0.05) is 30.3 Å². The molecule has 0 atom stereocenters. The summed E-state index contributed by atoms with van der Waals surface area (Å²) in [6.07, 6.45) is 5.07. The highest BCUT2D eigenvalue weighted by atomic mass is 32.2. The van der Waals surface area contributed by atoms with Gasteiger partial charge in [0.2, 0.25) is 0 Å². The zero-order valence-corrected chi connectivity index (χ0v) is 10.9. The van der Waals surface area contributed by atoms with Crippen molar-refractivity contribution in [3.05, 3.63) is 57.8 Å². The first-order valence-corrected chi connectivity index (χ1v) is 6.87. The molecule has 0 bridgehead atoms. The smallest absolute Gasteiger partial charge is 0.303 e. The lowest BCUT2D eigenvalue weighted by Crippen LogP contribution is -1.95. The third-order valence-corrected chi connectivity index (χ3v) is 3.53. The molecule has 94 valence electrons. The summed E-state index contributed by atoms with van der Waals surface area (Å²) in [6.45, 7) is 0. The van der Waals surface area contributed by atoms with Crippen molar-refractivity contribution >= 4 is 17.4 Å². The van der Waals surface area contributed by atoms with Crippen LogP contribution < -0.4 is 0 Å². The molecule has 0 saturated carbocycles. The van der Waals surface area contributed by atoms with Gasteiger partial charge in [0.1, 0.15) is 0 Å². The molecule has 1 N–H and O–H groups in total. The summed E-state index contributed by atoms with van der Waals surface area (Å²) in [5.41, 5.74) is 2.19. The van der Waals surface area contributed by atoms with E-state index in [4.69, 9.17) is 0 Å². The van der Waals surface area contributed by atoms with Crippen LogP contribution in [0.15, 0.2) is 41.6 Å². The lowest BCUT2D eigenvalue weighted by Gasteiger charge is -2.00. The number of H-pyrrole nitrogens is 1. The van der Waals surface area contributed by atoms with Crippen LogP contribution in [0, 0.1) is 10.1 Å². The maximum atomic E-state index is 11.0. The molecule has 0 spiro atoms. The Kier molecular flexibility index (Phi) is 4.04. The average Bonchev–Trinajstić information content (AvgIpc) is 2.80. The van der Waals surface area contributed by atoms with Gasteiger partial charge in [-0.2, -0.15) is 0 Å².